The van der Waals surface area contributed by atoms with E-state index in [2.05, 4.69) is 19.2 Å². The van der Waals surface area contributed by atoms with Gasteiger partial charge in [0.2, 0.25) is 0 Å². The highest BCUT2D eigenvalue weighted by Gasteiger charge is 2.17. The molecule has 3 heteroatoms. The van der Waals surface area contributed by atoms with Crippen molar-refractivity contribution in [2.75, 3.05) is 18.1 Å². The first-order valence-corrected chi connectivity index (χ1v) is 8.79. The number of hydrogen-bond acceptors (Lipinski definition) is 2. The molecule has 0 aromatic rings. The molecule has 0 aromatic heterocycles. The second-order valence-corrected chi connectivity index (χ2v) is 7.04. The molecule has 0 heterocycles. The van der Waals surface area contributed by atoms with E-state index in [9.17, 15) is 4.21 Å². The van der Waals surface area contributed by atoms with Crippen LogP contribution in [0.25, 0.3) is 0 Å². The highest BCUT2D eigenvalue weighted by Crippen LogP contribution is 2.25. The van der Waals surface area contributed by atoms with Crippen LogP contribution >= 0.6 is 0 Å². The van der Waals surface area contributed by atoms with Crippen LogP contribution in [0.5, 0.6) is 0 Å². The maximum Gasteiger partial charge on any atom is 0.0263 e. The molecule has 1 saturated carbocycles. The van der Waals surface area contributed by atoms with Crippen molar-refractivity contribution in [3.63, 3.8) is 0 Å². The van der Waals surface area contributed by atoms with Crippen LogP contribution in [0.1, 0.15) is 58.8 Å². The molecule has 0 saturated heterocycles. The van der Waals surface area contributed by atoms with Crippen molar-refractivity contribution in [1.82, 2.24) is 5.32 Å². The van der Waals surface area contributed by atoms with E-state index in [1.54, 1.807) is 0 Å². The van der Waals surface area contributed by atoms with E-state index in [0.717, 1.165) is 30.4 Å². The predicted octanol–water partition coefficient (Wildman–Crippen LogP) is 3.09. The Morgan fingerprint density at radius 1 is 1.29 bits per heavy atom. The fourth-order valence-corrected chi connectivity index (χ4v) is 4.24. The Kier molecular flexibility index (Phi) is 8.12. The Balaban J connectivity index is 1.96. The van der Waals surface area contributed by atoms with Crippen LogP contribution < -0.4 is 5.32 Å². The van der Waals surface area contributed by atoms with Crippen molar-refractivity contribution >= 4 is 10.8 Å². The lowest BCUT2D eigenvalue weighted by atomic mass is 10.1. The summed E-state index contributed by atoms with van der Waals surface area (Å²) in [6.45, 7) is 5.43. The van der Waals surface area contributed by atoms with Crippen molar-refractivity contribution in [2.24, 2.45) is 5.92 Å². The smallest absolute Gasteiger partial charge is 0.0263 e. The van der Waals surface area contributed by atoms with Gasteiger partial charge in [-0.05, 0) is 45.1 Å². The molecule has 0 aliphatic heterocycles. The maximum absolute atomic E-state index is 11.9. The quantitative estimate of drug-likeness (QED) is 0.645. The van der Waals surface area contributed by atoms with Crippen molar-refractivity contribution < 1.29 is 4.21 Å². The highest BCUT2D eigenvalue weighted by atomic mass is 32.2. The van der Waals surface area contributed by atoms with Crippen LogP contribution in [-0.4, -0.2) is 28.3 Å². The van der Waals surface area contributed by atoms with E-state index in [4.69, 9.17) is 0 Å². The number of hydrogen-bond donors (Lipinski definition) is 1. The summed E-state index contributed by atoms with van der Waals surface area (Å²) in [6.07, 6.45) is 8.94. The summed E-state index contributed by atoms with van der Waals surface area (Å²) < 4.78 is 11.9. The van der Waals surface area contributed by atoms with Gasteiger partial charge in [0.1, 0.15) is 0 Å². The van der Waals surface area contributed by atoms with E-state index >= 15 is 0 Å². The Morgan fingerprint density at radius 2 is 2.00 bits per heavy atom. The van der Waals surface area contributed by atoms with Crippen LogP contribution in [-0.2, 0) is 10.8 Å². The monoisotopic (exact) mass is 259 g/mol. The van der Waals surface area contributed by atoms with E-state index in [0.29, 0.717) is 6.04 Å². The van der Waals surface area contributed by atoms with E-state index in [1.165, 1.54) is 38.5 Å². The summed E-state index contributed by atoms with van der Waals surface area (Å²) in [4.78, 5) is 0. The van der Waals surface area contributed by atoms with Gasteiger partial charge in [0.25, 0.3) is 0 Å². The third kappa shape index (κ3) is 7.20. The molecule has 0 radical (unpaired) electrons. The molecule has 1 N–H and O–H groups in total. The van der Waals surface area contributed by atoms with E-state index < -0.39 is 10.8 Å². The van der Waals surface area contributed by atoms with Crippen LogP contribution in [0.2, 0.25) is 0 Å². The third-order valence-electron chi connectivity index (χ3n) is 3.71. The molecule has 0 bridgehead atoms. The maximum atomic E-state index is 11.9. The molecule has 2 unspecified atom stereocenters. The predicted molar refractivity (Wildman–Crippen MR) is 76.8 cm³/mol. The summed E-state index contributed by atoms with van der Waals surface area (Å²) in [6, 6.07) is 0.614. The number of rotatable bonds is 9. The largest absolute Gasteiger partial charge is 0.315 e. The minimum atomic E-state index is -0.549. The average Bonchev–Trinajstić information content (AvgIpc) is 2.77. The standard InChI is InChI=1S/C14H29NOS/c1-3-15-13(2)8-6-7-11-17(16)12-14-9-4-5-10-14/h13-15H,3-12H2,1-2H3. The Bertz CT molecular complexity index is 214. The average molecular weight is 259 g/mol. The van der Waals surface area contributed by atoms with E-state index in [-0.39, 0.29) is 0 Å². The zero-order valence-corrected chi connectivity index (χ0v) is 12.4. The lowest BCUT2D eigenvalue weighted by Crippen LogP contribution is -2.25. The van der Waals surface area contributed by atoms with Gasteiger partial charge in [-0.3, -0.25) is 4.21 Å². The van der Waals surface area contributed by atoms with Gasteiger partial charge in [0.15, 0.2) is 0 Å². The SMILES string of the molecule is CCNC(C)CCCCS(=O)CC1CCCC1. The van der Waals surface area contributed by atoms with Crippen molar-refractivity contribution in [3.8, 4) is 0 Å². The van der Waals surface area contributed by atoms with Crippen LogP contribution in [0.15, 0.2) is 0 Å². The van der Waals surface area contributed by atoms with Crippen LogP contribution in [0.3, 0.4) is 0 Å². The van der Waals surface area contributed by atoms with Gasteiger partial charge in [-0.2, -0.15) is 0 Å². The van der Waals surface area contributed by atoms with Crippen LogP contribution in [0, 0.1) is 5.92 Å². The first kappa shape index (κ1) is 15.2. The van der Waals surface area contributed by atoms with E-state index in [1.807, 2.05) is 0 Å². The lowest BCUT2D eigenvalue weighted by Gasteiger charge is -2.12. The first-order valence-electron chi connectivity index (χ1n) is 7.30. The molecule has 1 fully saturated rings. The second kappa shape index (κ2) is 9.09. The molecular formula is C14H29NOS. The van der Waals surface area contributed by atoms with Gasteiger partial charge < -0.3 is 5.32 Å². The second-order valence-electron chi connectivity index (χ2n) is 5.42. The molecule has 0 aromatic carbocycles. The Labute approximate surface area is 109 Å². The molecule has 2 atom stereocenters. The van der Waals surface area contributed by atoms with Gasteiger partial charge in [-0.25, -0.2) is 0 Å². The lowest BCUT2D eigenvalue weighted by molar-refractivity contribution is 0.509. The molecule has 1 aliphatic carbocycles. The van der Waals surface area contributed by atoms with Crippen molar-refractivity contribution in [1.29, 1.82) is 0 Å². The summed E-state index contributed by atoms with van der Waals surface area (Å²) in [5.74, 6) is 2.68. The summed E-state index contributed by atoms with van der Waals surface area (Å²) >= 11 is 0. The molecule has 0 spiro atoms. The zero-order valence-electron chi connectivity index (χ0n) is 11.5. The van der Waals surface area contributed by atoms with Crippen molar-refractivity contribution in [2.45, 2.75) is 64.8 Å². The normalized spacial score (nSPS) is 20.6. The van der Waals surface area contributed by atoms with Gasteiger partial charge in [-0.1, -0.05) is 26.2 Å². The number of nitrogens with one attached hydrogen (secondary N) is 1. The van der Waals surface area contributed by atoms with Gasteiger partial charge >= 0.3 is 0 Å². The van der Waals surface area contributed by atoms with Crippen molar-refractivity contribution in [3.05, 3.63) is 0 Å². The van der Waals surface area contributed by atoms with Gasteiger partial charge in [0.05, 0.1) is 0 Å². The third-order valence-corrected chi connectivity index (χ3v) is 5.30. The fourth-order valence-electron chi connectivity index (χ4n) is 2.69. The van der Waals surface area contributed by atoms with Crippen LogP contribution in [0.4, 0.5) is 0 Å². The summed E-state index contributed by atoms with van der Waals surface area (Å²) in [5.41, 5.74) is 0. The fraction of sp³-hybridized carbons (Fsp3) is 1.00. The zero-order chi connectivity index (χ0) is 12.5. The highest BCUT2D eigenvalue weighted by molar-refractivity contribution is 7.84. The minimum absolute atomic E-state index is 0.549. The first-order chi connectivity index (χ1) is 8.22. The molecule has 17 heavy (non-hydrogen) atoms. The molecule has 102 valence electrons. The Morgan fingerprint density at radius 3 is 2.65 bits per heavy atom. The topological polar surface area (TPSA) is 29.1 Å². The Hall–Kier alpha value is 0.110. The molecular weight excluding hydrogens is 230 g/mol. The summed E-state index contributed by atoms with van der Waals surface area (Å²) in [5, 5.41) is 3.42. The summed E-state index contributed by atoms with van der Waals surface area (Å²) in [7, 11) is -0.549. The molecule has 1 rings (SSSR count). The molecule has 2 nitrogen and oxygen atoms in total. The number of unbranched alkanes of at least 4 members (excludes halogenated alkanes) is 1. The minimum Gasteiger partial charge on any atom is -0.315 e. The molecule has 1 aliphatic rings. The molecule has 0 amide bonds. The van der Waals surface area contributed by atoms with Gasteiger partial charge in [0, 0.05) is 28.3 Å². The van der Waals surface area contributed by atoms with Gasteiger partial charge in [-0.15, -0.1) is 0 Å².